The van der Waals surface area contributed by atoms with Crippen molar-refractivity contribution in [2.45, 2.75) is 52.2 Å². The van der Waals surface area contributed by atoms with Crippen LogP contribution in [0.2, 0.25) is 0 Å². The summed E-state index contributed by atoms with van der Waals surface area (Å²) < 4.78 is 0. The molecule has 2 aromatic rings. The zero-order valence-corrected chi connectivity index (χ0v) is 20.2. The van der Waals surface area contributed by atoms with E-state index >= 15 is 0 Å². The van der Waals surface area contributed by atoms with E-state index in [2.05, 4.69) is 15.2 Å². The van der Waals surface area contributed by atoms with E-state index in [1.54, 1.807) is 6.08 Å². The van der Waals surface area contributed by atoms with Crippen LogP contribution in [-0.4, -0.2) is 53.1 Å². The molecule has 2 heterocycles. The summed E-state index contributed by atoms with van der Waals surface area (Å²) >= 11 is 0. The molecule has 1 fully saturated rings. The number of benzene rings is 2. The third-order valence-electron chi connectivity index (χ3n) is 6.79. The monoisotopic (exact) mass is 459 g/mol. The van der Waals surface area contributed by atoms with E-state index in [1.807, 2.05) is 63.2 Å². The van der Waals surface area contributed by atoms with Gasteiger partial charge < -0.3 is 15.3 Å². The van der Waals surface area contributed by atoms with Gasteiger partial charge in [0, 0.05) is 13.0 Å². The fourth-order valence-corrected chi connectivity index (χ4v) is 4.50. The van der Waals surface area contributed by atoms with Crippen molar-refractivity contribution in [2.24, 2.45) is 4.99 Å². The summed E-state index contributed by atoms with van der Waals surface area (Å²) in [6.45, 7) is 8.38. The van der Waals surface area contributed by atoms with Crippen molar-refractivity contribution < 1.29 is 14.7 Å². The molecule has 6 heteroatoms. The summed E-state index contributed by atoms with van der Waals surface area (Å²) in [6, 6.07) is 13.2. The van der Waals surface area contributed by atoms with Gasteiger partial charge in [-0.2, -0.15) is 0 Å². The van der Waals surface area contributed by atoms with Crippen LogP contribution in [0, 0.1) is 20.8 Å². The lowest BCUT2D eigenvalue weighted by molar-refractivity contribution is -0.136. The molecule has 2 aliphatic heterocycles. The summed E-state index contributed by atoms with van der Waals surface area (Å²) in [7, 11) is 0. The first-order valence-corrected chi connectivity index (χ1v) is 12.0. The summed E-state index contributed by atoms with van der Waals surface area (Å²) in [4.78, 5) is 32.5. The fourth-order valence-electron chi connectivity index (χ4n) is 4.50. The van der Waals surface area contributed by atoms with Gasteiger partial charge in [-0.15, -0.1) is 0 Å². The van der Waals surface area contributed by atoms with E-state index in [1.165, 1.54) is 0 Å². The zero-order chi connectivity index (χ0) is 24.2. The van der Waals surface area contributed by atoms with E-state index in [9.17, 15) is 14.7 Å². The van der Waals surface area contributed by atoms with E-state index in [0.29, 0.717) is 13.0 Å². The smallest absolute Gasteiger partial charge is 0.294 e. The summed E-state index contributed by atoms with van der Waals surface area (Å²) in [5.74, 6) is -1.40. The number of hydrogen-bond acceptors (Lipinski definition) is 5. The molecule has 2 aromatic carbocycles. The molecule has 178 valence electrons. The highest BCUT2D eigenvalue weighted by Gasteiger charge is 2.30. The molecule has 2 N–H and O–H groups in total. The summed E-state index contributed by atoms with van der Waals surface area (Å²) in [6.07, 6.45) is 3.50. The number of amides is 1. The number of aliphatic hydroxyl groups excluding tert-OH is 1. The molecule has 2 aliphatic rings. The SMILES string of the molecule is Cc1ccc(C2=NC(C(=O)C(=O)N[C@H](CN3CCCC3)[C@H](O)c3ccc(C)c(C)c3)=CC2)cc1. The maximum atomic E-state index is 13.0. The number of hydrogen-bond donors (Lipinski definition) is 2. The lowest BCUT2D eigenvalue weighted by atomic mass is 9.97. The standard InChI is InChI=1S/C28H33N3O3/c1-18-6-9-21(10-7-18)23-12-13-24(29-23)27(33)28(34)30-25(17-31-14-4-5-15-31)26(32)22-11-8-19(2)20(3)16-22/h6-11,13,16,25-26,32H,4-5,12,14-15,17H2,1-3H3,(H,30,34)/t25-,26-/m1/s1. The minimum Gasteiger partial charge on any atom is -0.386 e. The van der Waals surface area contributed by atoms with Crippen molar-refractivity contribution in [3.63, 3.8) is 0 Å². The molecule has 0 bridgehead atoms. The van der Waals surface area contributed by atoms with Crippen molar-refractivity contribution in [2.75, 3.05) is 19.6 Å². The second kappa shape index (κ2) is 10.5. The van der Waals surface area contributed by atoms with Gasteiger partial charge in [-0.3, -0.25) is 9.59 Å². The number of aliphatic imine (C=N–C) groups is 1. The van der Waals surface area contributed by atoms with Gasteiger partial charge in [0.15, 0.2) is 0 Å². The van der Waals surface area contributed by atoms with Crippen LogP contribution in [-0.2, 0) is 9.59 Å². The maximum Gasteiger partial charge on any atom is 0.294 e. The number of aryl methyl sites for hydroxylation is 3. The summed E-state index contributed by atoms with van der Waals surface area (Å²) in [5.41, 5.74) is 5.99. The number of nitrogens with one attached hydrogen (secondary N) is 1. The number of ketones is 1. The highest BCUT2D eigenvalue weighted by Crippen LogP contribution is 2.23. The van der Waals surface area contributed by atoms with Gasteiger partial charge in [-0.1, -0.05) is 48.0 Å². The number of nitrogens with zero attached hydrogens (tertiary/aromatic N) is 2. The third-order valence-corrected chi connectivity index (χ3v) is 6.79. The largest absolute Gasteiger partial charge is 0.386 e. The van der Waals surface area contributed by atoms with Gasteiger partial charge in [-0.05, 0) is 75.0 Å². The van der Waals surface area contributed by atoms with E-state index in [-0.39, 0.29) is 5.70 Å². The highest BCUT2D eigenvalue weighted by molar-refractivity contribution is 6.43. The molecule has 6 nitrogen and oxygen atoms in total. The second-order valence-corrected chi connectivity index (χ2v) is 9.42. The molecule has 0 saturated carbocycles. The number of rotatable bonds is 8. The average molecular weight is 460 g/mol. The minimum absolute atomic E-state index is 0.161. The zero-order valence-electron chi connectivity index (χ0n) is 20.2. The first kappa shape index (κ1) is 24.0. The molecule has 0 unspecified atom stereocenters. The van der Waals surface area contributed by atoms with Gasteiger partial charge in [0.2, 0.25) is 0 Å². The molecular weight excluding hydrogens is 426 g/mol. The number of aliphatic hydroxyl groups is 1. The lowest BCUT2D eigenvalue weighted by Crippen LogP contribution is -2.48. The number of Topliss-reactive ketones (excluding diaryl/α,β-unsaturated/α-hetero) is 1. The molecule has 0 aromatic heterocycles. The molecule has 1 saturated heterocycles. The quantitative estimate of drug-likeness (QED) is 0.592. The van der Waals surface area contributed by atoms with Crippen molar-refractivity contribution >= 4 is 17.4 Å². The van der Waals surface area contributed by atoms with Gasteiger partial charge in [0.05, 0.1) is 11.8 Å². The predicted molar refractivity (Wildman–Crippen MR) is 134 cm³/mol. The Morgan fingerprint density at radius 2 is 1.74 bits per heavy atom. The Morgan fingerprint density at radius 1 is 1.03 bits per heavy atom. The Labute approximate surface area is 201 Å². The van der Waals surface area contributed by atoms with Crippen LogP contribution in [0.5, 0.6) is 0 Å². The van der Waals surface area contributed by atoms with Crippen LogP contribution >= 0.6 is 0 Å². The van der Waals surface area contributed by atoms with Crippen molar-refractivity contribution in [1.29, 1.82) is 0 Å². The molecule has 0 radical (unpaired) electrons. The van der Waals surface area contributed by atoms with E-state index < -0.39 is 23.8 Å². The highest BCUT2D eigenvalue weighted by atomic mass is 16.3. The number of likely N-dealkylation sites (tertiary alicyclic amines) is 1. The number of carbonyl (C=O) groups excluding carboxylic acids is 2. The average Bonchev–Trinajstić information content (AvgIpc) is 3.52. The molecule has 0 spiro atoms. The van der Waals surface area contributed by atoms with Crippen LogP contribution in [0.1, 0.15) is 53.2 Å². The van der Waals surface area contributed by atoms with Crippen molar-refractivity contribution in [3.8, 4) is 0 Å². The van der Waals surface area contributed by atoms with Gasteiger partial charge in [0.25, 0.3) is 11.7 Å². The normalized spacial score (nSPS) is 17.8. The topological polar surface area (TPSA) is 82.0 Å². The van der Waals surface area contributed by atoms with Crippen LogP contribution in [0.15, 0.2) is 59.2 Å². The van der Waals surface area contributed by atoms with Crippen LogP contribution in [0.25, 0.3) is 0 Å². The number of carbonyl (C=O) groups is 2. The molecule has 4 rings (SSSR count). The molecule has 1 amide bonds. The van der Waals surface area contributed by atoms with Crippen LogP contribution in [0.4, 0.5) is 0 Å². The van der Waals surface area contributed by atoms with Gasteiger partial charge >= 0.3 is 0 Å². The fraction of sp³-hybridized carbons (Fsp3) is 0.393. The predicted octanol–water partition coefficient (Wildman–Crippen LogP) is 3.57. The van der Waals surface area contributed by atoms with Crippen LogP contribution in [0.3, 0.4) is 0 Å². The third kappa shape index (κ3) is 5.51. The summed E-state index contributed by atoms with van der Waals surface area (Å²) in [5, 5.41) is 14.0. The van der Waals surface area contributed by atoms with Crippen molar-refractivity contribution in [1.82, 2.24) is 10.2 Å². The Hall–Kier alpha value is -3.09. The molecule has 2 atom stereocenters. The Bertz CT molecular complexity index is 1130. The van der Waals surface area contributed by atoms with E-state index in [4.69, 9.17) is 0 Å². The first-order chi connectivity index (χ1) is 16.3. The number of allylic oxidation sites excluding steroid dienone is 1. The Kier molecular flexibility index (Phi) is 7.39. The van der Waals surface area contributed by atoms with Gasteiger partial charge in [-0.25, -0.2) is 4.99 Å². The Balaban J connectivity index is 1.48. The molecule has 34 heavy (non-hydrogen) atoms. The van der Waals surface area contributed by atoms with Crippen molar-refractivity contribution in [3.05, 3.63) is 82.1 Å². The van der Waals surface area contributed by atoms with Crippen LogP contribution < -0.4 is 5.32 Å². The van der Waals surface area contributed by atoms with Gasteiger partial charge in [0.1, 0.15) is 11.8 Å². The first-order valence-electron chi connectivity index (χ1n) is 12.0. The van der Waals surface area contributed by atoms with E-state index in [0.717, 1.165) is 59.5 Å². The lowest BCUT2D eigenvalue weighted by Gasteiger charge is -2.28. The Morgan fingerprint density at radius 3 is 2.41 bits per heavy atom. The molecular formula is C28H33N3O3. The molecule has 0 aliphatic carbocycles. The minimum atomic E-state index is -0.916. The maximum absolute atomic E-state index is 13.0. The second-order valence-electron chi connectivity index (χ2n) is 9.42.